The second-order valence-corrected chi connectivity index (χ2v) is 12.8. The summed E-state index contributed by atoms with van der Waals surface area (Å²) in [6.45, 7) is 10.4. The van der Waals surface area contributed by atoms with Crippen LogP contribution in [0.5, 0.6) is 11.5 Å². The third-order valence-corrected chi connectivity index (χ3v) is 8.39. The number of methoxy groups -OCH3 is 1. The number of carbonyl (C=O) groups is 2. The van der Waals surface area contributed by atoms with Crippen molar-refractivity contribution in [3.8, 4) is 11.5 Å². The SMILES string of the molecule is COc1ccccc1[C@H]1CC(=O)C2=C(C1)NC(C)=C(C(=O)OCC1CC(C)(C)OC(C)(C)C1)[C@H]2c1cccc(O)c1. The first-order chi connectivity index (χ1) is 19.4. The van der Waals surface area contributed by atoms with Crippen molar-refractivity contribution < 1.29 is 28.9 Å². The maximum absolute atomic E-state index is 13.9. The van der Waals surface area contributed by atoms with Gasteiger partial charge in [0.05, 0.1) is 30.5 Å². The van der Waals surface area contributed by atoms with E-state index in [1.54, 1.807) is 25.3 Å². The third-order valence-electron chi connectivity index (χ3n) is 8.39. The van der Waals surface area contributed by atoms with Gasteiger partial charge in [0.2, 0.25) is 0 Å². The van der Waals surface area contributed by atoms with E-state index in [0.717, 1.165) is 29.9 Å². The van der Waals surface area contributed by atoms with Crippen molar-refractivity contribution >= 4 is 11.8 Å². The summed E-state index contributed by atoms with van der Waals surface area (Å²) >= 11 is 0. The summed E-state index contributed by atoms with van der Waals surface area (Å²) in [4.78, 5) is 27.7. The average Bonchev–Trinajstić information content (AvgIpc) is 2.89. The van der Waals surface area contributed by atoms with E-state index in [2.05, 4.69) is 33.0 Å². The predicted octanol–water partition coefficient (Wildman–Crippen LogP) is 6.29. The van der Waals surface area contributed by atoms with Crippen molar-refractivity contribution in [3.05, 3.63) is 82.2 Å². The Morgan fingerprint density at radius 1 is 1.05 bits per heavy atom. The molecule has 2 atom stereocenters. The highest BCUT2D eigenvalue weighted by atomic mass is 16.5. The highest BCUT2D eigenvalue weighted by Gasteiger charge is 2.43. The van der Waals surface area contributed by atoms with Gasteiger partial charge in [-0.25, -0.2) is 4.79 Å². The van der Waals surface area contributed by atoms with Gasteiger partial charge < -0.3 is 24.6 Å². The quantitative estimate of drug-likeness (QED) is 0.402. The summed E-state index contributed by atoms with van der Waals surface area (Å²) in [6.07, 6.45) is 2.47. The Bertz CT molecular complexity index is 1400. The fourth-order valence-electron chi connectivity index (χ4n) is 7.25. The number of Topliss-reactive ketones (excluding diaryl/α,β-unsaturated/α-hetero) is 1. The minimum absolute atomic E-state index is 0.0336. The van der Waals surface area contributed by atoms with Crippen LogP contribution in [0.3, 0.4) is 0 Å². The fourth-order valence-corrected chi connectivity index (χ4v) is 7.25. The van der Waals surface area contributed by atoms with Gasteiger partial charge in [0, 0.05) is 35.2 Å². The van der Waals surface area contributed by atoms with Gasteiger partial charge in [0.15, 0.2) is 5.78 Å². The number of benzene rings is 2. The zero-order valence-corrected chi connectivity index (χ0v) is 24.9. The maximum Gasteiger partial charge on any atom is 0.336 e. The number of phenols is 1. The van der Waals surface area contributed by atoms with Gasteiger partial charge in [-0.05, 0) is 89.1 Å². The van der Waals surface area contributed by atoms with Crippen LogP contribution in [-0.4, -0.2) is 41.8 Å². The molecule has 1 fully saturated rings. The van der Waals surface area contributed by atoms with Crippen LogP contribution in [0.4, 0.5) is 0 Å². The van der Waals surface area contributed by atoms with E-state index in [0.29, 0.717) is 35.2 Å². The summed E-state index contributed by atoms with van der Waals surface area (Å²) in [7, 11) is 1.64. The summed E-state index contributed by atoms with van der Waals surface area (Å²) in [5.41, 5.74) is 3.47. The highest BCUT2D eigenvalue weighted by molar-refractivity contribution is 6.04. The lowest BCUT2D eigenvalue weighted by Crippen LogP contribution is -2.46. The van der Waals surface area contributed by atoms with Gasteiger partial charge in [-0.15, -0.1) is 0 Å². The number of allylic oxidation sites excluding steroid dienone is 3. The number of hydrogen-bond acceptors (Lipinski definition) is 7. The number of nitrogens with one attached hydrogen (secondary N) is 1. The van der Waals surface area contributed by atoms with Crippen molar-refractivity contribution in [2.24, 2.45) is 5.92 Å². The van der Waals surface area contributed by atoms with Crippen LogP contribution in [0.25, 0.3) is 0 Å². The standard InChI is InChI=1S/C34H41NO6/c1-20-29(32(38)40-19-21-17-33(2,3)41-34(4,5)18-21)30(22-10-9-11-24(36)14-22)31-26(35-20)15-23(16-27(31)37)25-12-7-8-13-28(25)39-6/h7-14,21,23,30,35-36H,15-19H2,1-6H3/t23-,30-/m1/s1. The molecule has 0 saturated carbocycles. The van der Waals surface area contributed by atoms with Crippen LogP contribution in [0.15, 0.2) is 71.1 Å². The molecule has 218 valence electrons. The zero-order valence-electron chi connectivity index (χ0n) is 24.9. The Morgan fingerprint density at radius 2 is 1.76 bits per heavy atom. The van der Waals surface area contributed by atoms with Crippen molar-refractivity contribution in [1.29, 1.82) is 0 Å². The Labute approximate surface area is 242 Å². The number of phenolic OH excluding ortho intramolecular Hbond substituents is 1. The average molecular weight is 560 g/mol. The molecule has 2 N–H and O–H groups in total. The highest BCUT2D eigenvalue weighted by Crippen LogP contribution is 2.47. The van der Waals surface area contributed by atoms with Crippen LogP contribution in [-0.2, 0) is 19.1 Å². The second-order valence-electron chi connectivity index (χ2n) is 12.8. The third kappa shape index (κ3) is 6.05. The molecule has 2 heterocycles. The monoisotopic (exact) mass is 559 g/mol. The minimum atomic E-state index is -0.639. The molecule has 0 aromatic heterocycles. The number of rotatable bonds is 6. The number of ketones is 1. The van der Waals surface area contributed by atoms with Crippen LogP contribution in [0.2, 0.25) is 0 Å². The number of carbonyl (C=O) groups excluding carboxylic acids is 2. The lowest BCUT2D eigenvalue weighted by molar-refractivity contribution is -0.181. The number of aromatic hydroxyl groups is 1. The van der Waals surface area contributed by atoms with E-state index in [1.807, 2.05) is 37.3 Å². The molecule has 0 spiro atoms. The first kappa shape index (κ1) is 28.9. The van der Waals surface area contributed by atoms with Crippen molar-refractivity contribution in [2.75, 3.05) is 13.7 Å². The summed E-state index contributed by atoms with van der Waals surface area (Å²) in [6, 6.07) is 14.6. The molecule has 7 nitrogen and oxygen atoms in total. The molecule has 0 radical (unpaired) electrons. The first-order valence-corrected chi connectivity index (χ1v) is 14.4. The Hall–Kier alpha value is -3.58. The second kappa shape index (κ2) is 11.0. The van der Waals surface area contributed by atoms with Crippen LogP contribution < -0.4 is 10.1 Å². The van der Waals surface area contributed by atoms with Crippen molar-refractivity contribution in [2.45, 2.75) is 83.3 Å². The van der Waals surface area contributed by atoms with Gasteiger partial charge >= 0.3 is 5.97 Å². The fraction of sp³-hybridized carbons (Fsp3) is 0.471. The normalized spacial score (nSPS) is 24.0. The first-order valence-electron chi connectivity index (χ1n) is 14.4. The number of para-hydroxylation sites is 1. The lowest BCUT2D eigenvalue weighted by atomic mass is 9.71. The molecule has 2 aromatic rings. The Morgan fingerprint density at radius 3 is 2.44 bits per heavy atom. The van der Waals surface area contributed by atoms with Crippen LogP contribution >= 0.6 is 0 Å². The van der Waals surface area contributed by atoms with E-state index < -0.39 is 11.9 Å². The van der Waals surface area contributed by atoms with Gasteiger partial charge in [-0.3, -0.25) is 4.79 Å². The van der Waals surface area contributed by atoms with Crippen LogP contribution in [0.1, 0.15) is 83.3 Å². The van der Waals surface area contributed by atoms with E-state index in [4.69, 9.17) is 14.2 Å². The van der Waals surface area contributed by atoms with Gasteiger partial charge in [0.25, 0.3) is 0 Å². The van der Waals surface area contributed by atoms with Gasteiger partial charge in [-0.1, -0.05) is 30.3 Å². The minimum Gasteiger partial charge on any atom is -0.508 e. The van der Waals surface area contributed by atoms with Gasteiger partial charge in [-0.2, -0.15) is 0 Å². The molecule has 7 heteroatoms. The topological polar surface area (TPSA) is 94.1 Å². The van der Waals surface area contributed by atoms with E-state index >= 15 is 0 Å². The van der Waals surface area contributed by atoms with Gasteiger partial charge in [0.1, 0.15) is 11.5 Å². The molecule has 0 bridgehead atoms. The van der Waals surface area contributed by atoms with E-state index in [9.17, 15) is 14.7 Å². The predicted molar refractivity (Wildman–Crippen MR) is 157 cm³/mol. The Kier molecular flexibility index (Phi) is 7.77. The number of ether oxygens (including phenoxy) is 3. The smallest absolute Gasteiger partial charge is 0.336 e. The van der Waals surface area contributed by atoms with E-state index in [1.165, 1.54) is 0 Å². The number of dihydropyridines is 1. The maximum atomic E-state index is 13.9. The molecular formula is C34H41NO6. The number of esters is 1. The summed E-state index contributed by atoms with van der Waals surface area (Å²) in [5, 5.41) is 13.8. The molecule has 0 unspecified atom stereocenters. The summed E-state index contributed by atoms with van der Waals surface area (Å²) in [5.74, 6) is -0.190. The Balaban J connectivity index is 1.46. The van der Waals surface area contributed by atoms with Crippen molar-refractivity contribution in [1.82, 2.24) is 5.32 Å². The molecule has 5 rings (SSSR count). The zero-order chi connectivity index (χ0) is 29.5. The molecule has 1 aliphatic carbocycles. The molecular weight excluding hydrogens is 518 g/mol. The van der Waals surface area contributed by atoms with E-state index in [-0.39, 0.29) is 41.2 Å². The largest absolute Gasteiger partial charge is 0.508 e. The molecule has 2 aliphatic heterocycles. The molecule has 0 amide bonds. The summed E-state index contributed by atoms with van der Waals surface area (Å²) < 4.78 is 17.8. The molecule has 3 aliphatic rings. The lowest BCUT2D eigenvalue weighted by Gasteiger charge is -2.45. The molecule has 41 heavy (non-hydrogen) atoms. The van der Waals surface area contributed by atoms with Crippen molar-refractivity contribution in [3.63, 3.8) is 0 Å². The van der Waals surface area contributed by atoms with Crippen LogP contribution in [0, 0.1) is 5.92 Å². The number of hydrogen-bond donors (Lipinski definition) is 2. The molecule has 2 aromatic carbocycles. The molecule has 1 saturated heterocycles.